The van der Waals surface area contributed by atoms with Crippen LogP contribution in [0.25, 0.3) is 0 Å². The molecule has 0 bridgehead atoms. The van der Waals surface area contributed by atoms with Crippen molar-refractivity contribution in [2.75, 3.05) is 19.6 Å². The van der Waals surface area contributed by atoms with E-state index in [1.54, 1.807) is 0 Å². The summed E-state index contributed by atoms with van der Waals surface area (Å²) in [5, 5.41) is 7.73. The molecule has 0 aromatic rings. The fourth-order valence-corrected chi connectivity index (χ4v) is 1.03. The van der Waals surface area contributed by atoms with Gasteiger partial charge in [-0.3, -0.25) is 0 Å². The monoisotopic (exact) mass is 127 g/mol. The highest BCUT2D eigenvalue weighted by atomic mass is 15.0. The lowest BCUT2D eigenvalue weighted by Crippen LogP contribution is -2.39. The number of hydrogen-bond acceptors (Lipinski definition) is 1. The van der Waals surface area contributed by atoms with E-state index >= 15 is 0 Å². The Labute approximate surface area is 57.0 Å². The molecule has 53 valence electrons. The molecule has 0 atom stereocenters. The van der Waals surface area contributed by atoms with Crippen molar-refractivity contribution in [1.82, 2.24) is 10.6 Å². The normalized spacial score (nSPS) is 27.3. The molecule has 1 N–H and O–H groups in total. The molecule has 0 amide bonds. The zero-order valence-corrected chi connectivity index (χ0v) is 6.28. The second-order valence-corrected chi connectivity index (χ2v) is 3.23. The third-order valence-electron chi connectivity index (χ3n) is 1.77. The summed E-state index contributed by atoms with van der Waals surface area (Å²) in [5.41, 5.74) is 0.319. The fourth-order valence-electron chi connectivity index (χ4n) is 1.03. The lowest BCUT2D eigenvalue weighted by Gasteiger charge is -2.22. The third kappa shape index (κ3) is 2.33. The Bertz CT molecular complexity index is 78.9. The second-order valence-electron chi connectivity index (χ2n) is 3.23. The van der Waals surface area contributed by atoms with Crippen LogP contribution in [0.3, 0.4) is 0 Å². The van der Waals surface area contributed by atoms with E-state index in [4.69, 9.17) is 0 Å². The number of hydrogen-bond donors (Lipinski definition) is 1. The summed E-state index contributed by atoms with van der Waals surface area (Å²) in [6, 6.07) is 0. The molecule has 9 heavy (non-hydrogen) atoms. The van der Waals surface area contributed by atoms with Crippen LogP contribution >= 0.6 is 0 Å². The third-order valence-corrected chi connectivity index (χ3v) is 1.77. The Morgan fingerprint density at radius 3 is 2.89 bits per heavy atom. The van der Waals surface area contributed by atoms with Crippen LogP contribution in [0.5, 0.6) is 0 Å². The molecule has 1 heterocycles. The van der Waals surface area contributed by atoms with Crippen molar-refractivity contribution < 1.29 is 0 Å². The molecule has 0 aromatic heterocycles. The van der Waals surface area contributed by atoms with E-state index in [0.29, 0.717) is 5.54 Å². The summed E-state index contributed by atoms with van der Waals surface area (Å²) in [4.78, 5) is 0. The van der Waals surface area contributed by atoms with Gasteiger partial charge in [-0.25, -0.2) is 5.32 Å². The van der Waals surface area contributed by atoms with Crippen molar-refractivity contribution in [3.63, 3.8) is 0 Å². The van der Waals surface area contributed by atoms with Gasteiger partial charge in [-0.2, -0.15) is 0 Å². The molecule has 1 aliphatic rings. The molecule has 0 aliphatic carbocycles. The van der Waals surface area contributed by atoms with Crippen LogP contribution in [0.15, 0.2) is 0 Å². The van der Waals surface area contributed by atoms with Crippen molar-refractivity contribution in [3.8, 4) is 0 Å². The van der Waals surface area contributed by atoms with Gasteiger partial charge in [-0.15, -0.1) is 0 Å². The molecule has 1 radical (unpaired) electrons. The lowest BCUT2D eigenvalue weighted by molar-refractivity contribution is 0.393. The highest BCUT2D eigenvalue weighted by Gasteiger charge is 2.17. The SMILES string of the molecule is CC1(C)CC[N]CCN1. The topological polar surface area (TPSA) is 26.1 Å². The average molecular weight is 127 g/mol. The van der Waals surface area contributed by atoms with E-state index in [1.165, 1.54) is 6.42 Å². The van der Waals surface area contributed by atoms with Gasteiger partial charge in [-0.1, -0.05) is 0 Å². The van der Waals surface area contributed by atoms with E-state index in [-0.39, 0.29) is 0 Å². The quantitative estimate of drug-likeness (QED) is 0.499. The first-order valence-electron chi connectivity index (χ1n) is 3.59. The minimum atomic E-state index is 0.319. The summed E-state index contributed by atoms with van der Waals surface area (Å²) in [5.74, 6) is 0. The Hall–Kier alpha value is -0.0800. The zero-order valence-electron chi connectivity index (χ0n) is 6.28. The van der Waals surface area contributed by atoms with Crippen molar-refractivity contribution in [1.29, 1.82) is 0 Å². The van der Waals surface area contributed by atoms with E-state index in [0.717, 1.165) is 19.6 Å². The van der Waals surface area contributed by atoms with Gasteiger partial charge in [0.2, 0.25) is 0 Å². The van der Waals surface area contributed by atoms with Gasteiger partial charge in [-0.05, 0) is 20.3 Å². The molecule has 0 unspecified atom stereocenters. The minimum absolute atomic E-state index is 0.319. The molecule has 2 nitrogen and oxygen atoms in total. The van der Waals surface area contributed by atoms with Crippen molar-refractivity contribution in [2.24, 2.45) is 0 Å². The van der Waals surface area contributed by atoms with Crippen LogP contribution < -0.4 is 10.6 Å². The summed E-state index contributed by atoms with van der Waals surface area (Å²) < 4.78 is 0. The number of nitrogens with one attached hydrogen (secondary N) is 1. The molecule has 0 saturated carbocycles. The van der Waals surface area contributed by atoms with Crippen LogP contribution in [-0.2, 0) is 0 Å². The molecule has 2 heteroatoms. The maximum atomic E-state index is 4.30. The van der Waals surface area contributed by atoms with E-state index in [1.807, 2.05) is 0 Å². The largest absolute Gasteiger partial charge is 0.310 e. The standard InChI is InChI=1S/C7H15N2/c1-7(2)3-4-8-5-6-9-7/h9H,3-6H2,1-2H3. The molecule has 1 saturated heterocycles. The maximum absolute atomic E-state index is 4.30. The van der Waals surface area contributed by atoms with E-state index in [2.05, 4.69) is 24.5 Å². The summed E-state index contributed by atoms with van der Waals surface area (Å²) in [6.07, 6.45) is 1.17. The second kappa shape index (κ2) is 2.67. The number of rotatable bonds is 0. The Balaban J connectivity index is 2.36. The average Bonchev–Trinajstić information content (AvgIpc) is 1.92. The summed E-state index contributed by atoms with van der Waals surface area (Å²) in [7, 11) is 0. The highest BCUT2D eigenvalue weighted by molar-refractivity contribution is 4.80. The van der Waals surface area contributed by atoms with Gasteiger partial charge in [0.25, 0.3) is 0 Å². The predicted octanol–water partition coefficient (Wildman–Crippen LogP) is 0.363. The molecule has 0 aromatic carbocycles. The smallest absolute Gasteiger partial charge is 0.0258 e. The van der Waals surface area contributed by atoms with E-state index < -0.39 is 0 Å². The Morgan fingerprint density at radius 2 is 2.11 bits per heavy atom. The Kier molecular flexibility index (Phi) is 2.09. The van der Waals surface area contributed by atoms with Gasteiger partial charge < -0.3 is 5.32 Å². The molecule has 1 fully saturated rings. The summed E-state index contributed by atoms with van der Waals surface area (Å²) >= 11 is 0. The molecular weight excluding hydrogens is 112 g/mol. The van der Waals surface area contributed by atoms with E-state index in [9.17, 15) is 0 Å². The van der Waals surface area contributed by atoms with Gasteiger partial charge >= 0.3 is 0 Å². The van der Waals surface area contributed by atoms with Crippen LogP contribution in [0.4, 0.5) is 0 Å². The number of nitrogens with zero attached hydrogens (tertiary/aromatic N) is 1. The van der Waals surface area contributed by atoms with Crippen molar-refractivity contribution in [2.45, 2.75) is 25.8 Å². The van der Waals surface area contributed by atoms with Gasteiger partial charge in [0.1, 0.15) is 0 Å². The van der Waals surface area contributed by atoms with Crippen LogP contribution in [0.1, 0.15) is 20.3 Å². The van der Waals surface area contributed by atoms with Gasteiger partial charge in [0, 0.05) is 25.2 Å². The first-order chi connectivity index (χ1) is 4.21. The van der Waals surface area contributed by atoms with Gasteiger partial charge in [0.15, 0.2) is 0 Å². The minimum Gasteiger partial charge on any atom is -0.310 e. The lowest BCUT2D eigenvalue weighted by atomic mass is 10.0. The van der Waals surface area contributed by atoms with Crippen LogP contribution in [0.2, 0.25) is 0 Å². The maximum Gasteiger partial charge on any atom is 0.0258 e. The van der Waals surface area contributed by atoms with Crippen LogP contribution in [-0.4, -0.2) is 25.2 Å². The molecular formula is C7H15N2. The first kappa shape index (κ1) is 7.03. The molecule has 1 rings (SSSR count). The van der Waals surface area contributed by atoms with Gasteiger partial charge in [0.05, 0.1) is 0 Å². The summed E-state index contributed by atoms with van der Waals surface area (Å²) in [6.45, 7) is 7.53. The first-order valence-corrected chi connectivity index (χ1v) is 3.59. The van der Waals surface area contributed by atoms with Crippen LogP contribution in [0, 0.1) is 0 Å². The molecule has 0 spiro atoms. The zero-order chi connectivity index (χ0) is 6.74. The van der Waals surface area contributed by atoms with Crippen molar-refractivity contribution in [3.05, 3.63) is 0 Å². The highest BCUT2D eigenvalue weighted by Crippen LogP contribution is 2.07. The predicted molar refractivity (Wildman–Crippen MR) is 38.6 cm³/mol. The molecule has 1 aliphatic heterocycles. The Morgan fingerprint density at radius 1 is 1.33 bits per heavy atom. The fraction of sp³-hybridized carbons (Fsp3) is 1.00. The van der Waals surface area contributed by atoms with Crippen molar-refractivity contribution >= 4 is 0 Å².